The van der Waals surface area contributed by atoms with E-state index in [1.165, 1.54) is 42.5 Å². The molecule has 148 valence electrons. The monoisotopic (exact) mass is 389 g/mol. The molecule has 0 unspecified atom stereocenters. The van der Waals surface area contributed by atoms with Gasteiger partial charge in [0.1, 0.15) is 0 Å². The molecule has 2 aliphatic carbocycles. The first-order valence-electron chi connectivity index (χ1n) is 10.6. The fourth-order valence-corrected chi connectivity index (χ4v) is 5.32. The number of hydrogen-bond acceptors (Lipinski definition) is 3. The number of amides is 3. The third-order valence-electron chi connectivity index (χ3n) is 6.20. The van der Waals surface area contributed by atoms with Crippen LogP contribution in [0.1, 0.15) is 61.8 Å². The number of thiophene rings is 1. The highest BCUT2D eigenvalue weighted by atomic mass is 32.1. The van der Waals surface area contributed by atoms with Gasteiger partial charge in [-0.25, -0.2) is 4.79 Å². The molecule has 2 heterocycles. The van der Waals surface area contributed by atoms with Crippen molar-refractivity contribution in [1.82, 2.24) is 15.1 Å². The lowest BCUT2D eigenvalue weighted by Gasteiger charge is -2.30. The molecule has 0 atom stereocenters. The Bertz CT molecular complexity index is 664. The van der Waals surface area contributed by atoms with Crippen LogP contribution in [0.3, 0.4) is 0 Å². The van der Waals surface area contributed by atoms with Crippen molar-refractivity contribution in [2.45, 2.75) is 70.4 Å². The summed E-state index contributed by atoms with van der Waals surface area (Å²) in [5, 5.41) is 5.13. The van der Waals surface area contributed by atoms with Gasteiger partial charge >= 0.3 is 6.03 Å². The van der Waals surface area contributed by atoms with Gasteiger partial charge in [-0.15, -0.1) is 11.3 Å². The highest BCUT2D eigenvalue weighted by Gasteiger charge is 2.34. The van der Waals surface area contributed by atoms with E-state index in [2.05, 4.69) is 21.7 Å². The maximum Gasteiger partial charge on any atom is 0.317 e. The van der Waals surface area contributed by atoms with Gasteiger partial charge in [0.25, 0.3) is 0 Å². The molecule has 1 aliphatic heterocycles. The van der Waals surface area contributed by atoms with Gasteiger partial charge in [0.2, 0.25) is 5.91 Å². The van der Waals surface area contributed by atoms with Gasteiger partial charge in [0.15, 0.2) is 0 Å². The van der Waals surface area contributed by atoms with Gasteiger partial charge in [0.05, 0.1) is 0 Å². The van der Waals surface area contributed by atoms with E-state index in [4.69, 9.17) is 0 Å². The summed E-state index contributed by atoms with van der Waals surface area (Å²) in [6, 6.07) is 2.59. The number of nitrogens with zero attached hydrogens (tertiary/aromatic N) is 2. The lowest BCUT2D eigenvalue weighted by Crippen LogP contribution is -2.45. The van der Waals surface area contributed by atoms with Crippen LogP contribution in [0.4, 0.5) is 4.79 Å². The van der Waals surface area contributed by atoms with Crippen LogP contribution in [0.25, 0.3) is 0 Å². The highest BCUT2D eigenvalue weighted by Crippen LogP contribution is 2.31. The van der Waals surface area contributed by atoms with Crippen LogP contribution in [-0.4, -0.2) is 47.4 Å². The smallest absolute Gasteiger partial charge is 0.317 e. The average molecular weight is 390 g/mol. The molecule has 2 saturated carbocycles. The largest absolute Gasteiger partial charge is 0.338 e. The van der Waals surface area contributed by atoms with Crippen LogP contribution in [0, 0.1) is 5.92 Å². The van der Waals surface area contributed by atoms with Crippen molar-refractivity contribution in [1.29, 1.82) is 0 Å². The number of nitrogens with one attached hydrogen (secondary N) is 1. The first kappa shape index (κ1) is 18.8. The van der Waals surface area contributed by atoms with Gasteiger partial charge in [0, 0.05) is 43.5 Å². The van der Waals surface area contributed by atoms with E-state index in [-0.39, 0.29) is 11.9 Å². The van der Waals surface area contributed by atoms with Crippen molar-refractivity contribution in [3.05, 3.63) is 21.9 Å². The molecule has 0 radical (unpaired) electrons. The average Bonchev–Trinajstić information content (AvgIpc) is 3.42. The molecule has 0 saturated heterocycles. The molecule has 6 heteroatoms. The van der Waals surface area contributed by atoms with E-state index >= 15 is 0 Å². The van der Waals surface area contributed by atoms with Gasteiger partial charge < -0.3 is 15.1 Å². The summed E-state index contributed by atoms with van der Waals surface area (Å²) in [6.07, 6.45) is 10.1. The Labute approximate surface area is 166 Å². The quantitative estimate of drug-likeness (QED) is 0.805. The maximum atomic E-state index is 12.7. The molecule has 3 amide bonds. The van der Waals surface area contributed by atoms with E-state index in [1.54, 1.807) is 11.3 Å². The lowest BCUT2D eigenvalue weighted by molar-refractivity contribution is -0.131. The summed E-state index contributed by atoms with van der Waals surface area (Å²) in [5.41, 5.74) is 1.29. The fraction of sp³-hybridized carbons (Fsp3) is 0.714. The summed E-state index contributed by atoms with van der Waals surface area (Å²) in [7, 11) is 0. The third kappa shape index (κ3) is 4.84. The molecule has 5 nitrogen and oxygen atoms in total. The molecular weight excluding hydrogens is 358 g/mol. The zero-order valence-electron chi connectivity index (χ0n) is 16.1. The Morgan fingerprint density at radius 3 is 2.78 bits per heavy atom. The van der Waals surface area contributed by atoms with Crippen molar-refractivity contribution in [3.63, 3.8) is 0 Å². The van der Waals surface area contributed by atoms with Gasteiger partial charge in [-0.05, 0) is 55.0 Å². The Hall–Kier alpha value is -1.56. The van der Waals surface area contributed by atoms with E-state index in [1.807, 2.05) is 4.90 Å². The summed E-state index contributed by atoms with van der Waals surface area (Å²) >= 11 is 1.79. The van der Waals surface area contributed by atoms with Crippen LogP contribution in [0.15, 0.2) is 11.4 Å². The van der Waals surface area contributed by atoms with Crippen molar-refractivity contribution in [2.24, 2.45) is 5.92 Å². The van der Waals surface area contributed by atoms with Crippen LogP contribution in [-0.2, 0) is 17.8 Å². The van der Waals surface area contributed by atoms with Crippen LogP contribution in [0.2, 0.25) is 0 Å². The zero-order valence-corrected chi connectivity index (χ0v) is 16.9. The minimum Gasteiger partial charge on any atom is -0.338 e. The number of rotatable bonds is 6. The predicted octanol–water partition coefficient (Wildman–Crippen LogP) is 3.78. The first-order chi connectivity index (χ1) is 13.2. The number of carbonyl (C=O) groups is 2. The summed E-state index contributed by atoms with van der Waals surface area (Å²) < 4.78 is 0. The molecule has 1 N–H and O–H groups in total. The highest BCUT2D eigenvalue weighted by molar-refractivity contribution is 7.10. The SMILES string of the molecule is O=C(CCNC(=O)N(CC1CCCCC1)C1CC1)N1CCc2sccc2C1. The van der Waals surface area contributed by atoms with Crippen LogP contribution in [0.5, 0.6) is 0 Å². The third-order valence-corrected chi connectivity index (χ3v) is 7.23. The standard InChI is InChI=1S/C21H31N3O2S/c25-20(23-12-9-19-17(15-23)10-13-27-19)8-11-22-21(26)24(18-6-7-18)14-16-4-2-1-3-5-16/h10,13,16,18H,1-9,11-12,14-15H2,(H,22,26). The van der Waals surface area contributed by atoms with E-state index in [9.17, 15) is 9.59 Å². The minimum atomic E-state index is 0.0367. The zero-order chi connectivity index (χ0) is 18.6. The Morgan fingerprint density at radius 1 is 1.19 bits per heavy atom. The minimum absolute atomic E-state index is 0.0367. The van der Waals surface area contributed by atoms with Gasteiger partial charge in [-0.2, -0.15) is 0 Å². The molecule has 0 bridgehead atoms. The number of carbonyl (C=O) groups excluding carboxylic acids is 2. The van der Waals surface area contributed by atoms with Crippen LogP contribution < -0.4 is 5.32 Å². The topological polar surface area (TPSA) is 52.7 Å². The first-order valence-corrected chi connectivity index (χ1v) is 11.5. The molecule has 0 aromatic carbocycles. The molecule has 3 aliphatic rings. The Morgan fingerprint density at radius 2 is 2.00 bits per heavy atom. The molecule has 1 aromatic heterocycles. The Kier molecular flexibility index (Phi) is 6.01. The van der Waals surface area contributed by atoms with Crippen molar-refractivity contribution < 1.29 is 9.59 Å². The van der Waals surface area contributed by atoms with E-state index in [0.717, 1.165) is 38.9 Å². The molecule has 0 spiro atoms. The van der Waals surface area contributed by atoms with E-state index in [0.29, 0.717) is 24.9 Å². The summed E-state index contributed by atoms with van der Waals surface area (Å²) in [5.74, 6) is 0.817. The van der Waals surface area contributed by atoms with E-state index < -0.39 is 0 Å². The number of fused-ring (bicyclic) bond motifs is 1. The molecule has 27 heavy (non-hydrogen) atoms. The normalized spacial score (nSPS) is 20.2. The summed E-state index contributed by atoms with van der Waals surface area (Å²) in [6.45, 7) is 2.87. The maximum absolute atomic E-state index is 12.7. The molecular formula is C21H31N3O2S. The molecule has 2 fully saturated rings. The second kappa shape index (κ2) is 8.63. The number of hydrogen-bond donors (Lipinski definition) is 1. The number of urea groups is 1. The lowest BCUT2D eigenvalue weighted by atomic mass is 9.89. The van der Waals surface area contributed by atoms with Crippen molar-refractivity contribution >= 4 is 23.3 Å². The van der Waals surface area contributed by atoms with Crippen molar-refractivity contribution in [2.75, 3.05) is 19.6 Å². The van der Waals surface area contributed by atoms with Gasteiger partial charge in [-0.1, -0.05) is 19.3 Å². The molecule has 4 rings (SSSR count). The second-order valence-electron chi connectivity index (χ2n) is 8.30. The predicted molar refractivity (Wildman–Crippen MR) is 108 cm³/mol. The second-order valence-corrected chi connectivity index (χ2v) is 9.30. The fourth-order valence-electron chi connectivity index (χ4n) is 4.43. The van der Waals surface area contributed by atoms with Crippen molar-refractivity contribution in [3.8, 4) is 0 Å². The molecule has 1 aromatic rings. The Balaban J connectivity index is 1.21. The van der Waals surface area contributed by atoms with Crippen LogP contribution >= 0.6 is 11.3 Å². The summed E-state index contributed by atoms with van der Waals surface area (Å²) in [4.78, 5) is 30.6. The van der Waals surface area contributed by atoms with Gasteiger partial charge in [-0.3, -0.25) is 4.79 Å².